The standard InChI is InChI=1S/C22H22N4O3S/c1-4-28-16-11-9-15(10-12-16)21(27)23-19-13-14(3)25-26(19)22-24-20-17(29-5-2)7-6-8-18(20)30-22/h6-13H,4-5H2,1-3H3,(H,23,27). The van der Waals surface area contributed by atoms with Crippen molar-refractivity contribution in [3.05, 3.63) is 59.8 Å². The molecule has 0 bridgehead atoms. The third-order valence-corrected chi connectivity index (χ3v) is 5.35. The highest BCUT2D eigenvalue weighted by Crippen LogP contribution is 2.32. The molecule has 1 amide bonds. The van der Waals surface area contributed by atoms with Crippen LogP contribution >= 0.6 is 11.3 Å². The van der Waals surface area contributed by atoms with Crippen LogP contribution in [0.4, 0.5) is 5.82 Å². The number of hydrogen-bond donors (Lipinski definition) is 1. The van der Waals surface area contributed by atoms with E-state index in [9.17, 15) is 4.79 Å². The maximum absolute atomic E-state index is 12.8. The molecule has 1 N–H and O–H groups in total. The molecule has 0 radical (unpaired) electrons. The highest BCUT2D eigenvalue weighted by molar-refractivity contribution is 7.20. The zero-order valence-electron chi connectivity index (χ0n) is 17.0. The van der Waals surface area contributed by atoms with Crippen LogP contribution in [0.25, 0.3) is 15.3 Å². The van der Waals surface area contributed by atoms with Crippen molar-refractivity contribution in [2.75, 3.05) is 18.5 Å². The SMILES string of the molecule is CCOc1ccc(C(=O)Nc2cc(C)nn2-c2nc3c(OCC)cccc3s2)cc1. The zero-order valence-corrected chi connectivity index (χ0v) is 17.8. The van der Waals surface area contributed by atoms with Crippen molar-refractivity contribution in [3.8, 4) is 16.6 Å². The third kappa shape index (κ3) is 3.99. The van der Waals surface area contributed by atoms with Crippen molar-refractivity contribution in [2.45, 2.75) is 20.8 Å². The zero-order chi connectivity index (χ0) is 21.1. The molecule has 0 aliphatic carbocycles. The van der Waals surface area contributed by atoms with Gasteiger partial charge in [-0.25, -0.2) is 4.98 Å². The van der Waals surface area contributed by atoms with E-state index in [0.29, 0.717) is 29.7 Å². The fraction of sp³-hybridized carbons (Fsp3) is 0.227. The third-order valence-electron chi connectivity index (χ3n) is 4.35. The molecular formula is C22H22N4O3S. The van der Waals surface area contributed by atoms with E-state index in [-0.39, 0.29) is 5.91 Å². The van der Waals surface area contributed by atoms with Crippen LogP contribution in [0.2, 0.25) is 0 Å². The fourth-order valence-corrected chi connectivity index (χ4v) is 4.01. The molecule has 0 aliphatic heterocycles. The lowest BCUT2D eigenvalue weighted by molar-refractivity contribution is 0.102. The van der Waals surface area contributed by atoms with Crippen LogP contribution in [0.15, 0.2) is 48.5 Å². The van der Waals surface area contributed by atoms with Gasteiger partial charge < -0.3 is 14.8 Å². The van der Waals surface area contributed by atoms with E-state index in [2.05, 4.69) is 10.4 Å². The minimum absolute atomic E-state index is 0.227. The number of hydrogen-bond acceptors (Lipinski definition) is 6. The number of benzene rings is 2. The van der Waals surface area contributed by atoms with E-state index in [1.807, 2.05) is 45.0 Å². The van der Waals surface area contributed by atoms with E-state index < -0.39 is 0 Å². The van der Waals surface area contributed by atoms with E-state index in [4.69, 9.17) is 14.5 Å². The molecule has 2 aromatic carbocycles. The van der Waals surface area contributed by atoms with E-state index in [0.717, 1.165) is 27.4 Å². The van der Waals surface area contributed by atoms with Crippen molar-refractivity contribution < 1.29 is 14.3 Å². The summed E-state index contributed by atoms with van der Waals surface area (Å²) in [5, 5.41) is 8.12. The summed E-state index contributed by atoms with van der Waals surface area (Å²) in [6, 6.07) is 14.7. The van der Waals surface area contributed by atoms with Crippen LogP contribution in [0.3, 0.4) is 0 Å². The number of ether oxygens (including phenoxy) is 2. The molecule has 7 nitrogen and oxygen atoms in total. The Morgan fingerprint density at radius 3 is 2.60 bits per heavy atom. The molecule has 0 aliphatic rings. The smallest absolute Gasteiger partial charge is 0.256 e. The van der Waals surface area contributed by atoms with Crippen LogP contribution in [-0.4, -0.2) is 33.9 Å². The Hall–Kier alpha value is -3.39. The normalized spacial score (nSPS) is 10.9. The maximum atomic E-state index is 12.8. The van der Waals surface area contributed by atoms with Gasteiger partial charge in [0, 0.05) is 11.6 Å². The lowest BCUT2D eigenvalue weighted by atomic mass is 10.2. The Morgan fingerprint density at radius 2 is 1.87 bits per heavy atom. The first kappa shape index (κ1) is 19.9. The quantitative estimate of drug-likeness (QED) is 0.461. The van der Waals surface area contributed by atoms with Crippen LogP contribution in [0.1, 0.15) is 29.9 Å². The molecule has 0 saturated carbocycles. The molecule has 0 fully saturated rings. The Bertz CT molecular complexity index is 1180. The molecule has 0 atom stereocenters. The van der Waals surface area contributed by atoms with Gasteiger partial charge in [-0.05, 0) is 57.2 Å². The number of amides is 1. The lowest BCUT2D eigenvalue weighted by Gasteiger charge is -2.07. The highest BCUT2D eigenvalue weighted by atomic mass is 32.1. The molecule has 4 rings (SSSR count). The Balaban J connectivity index is 1.63. The largest absolute Gasteiger partial charge is 0.494 e. The fourth-order valence-electron chi connectivity index (χ4n) is 3.07. The number of carbonyl (C=O) groups excluding carboxylic acids is 1. The monoisotopic (exact) mass is 422 g/mol. The predicted octanol–water partition coefficient (Wildman–Crippen LogP) is 4.84. The Labute approximate surface area is 178 Å². The molecule has 4 aromatic rings. The van der Waals surface area contributed by atoms with Crippen LogP contribution in [0, 0.1) is 6.92 Å². The number of rotatable bonds is 7. The van der Waals surface area contributed by atoms with E-state index in [1.165, 1.54) is 11.3 Å². The summed E-state index contributed by atoms with van der Waals surface area (Å²) in [4.78, 5) is 17.5. The van der Waals surface area contributed by atoms with Gasteiger partial charge in [0.2, 0.25) is 5.13 Å². The summed E-state index contributed by atoms with van der Waals surface area (Å²) >= 11 is 1.49. The second kappa shape index (κ2) is 8.54. The van der Waals surface area contributed by atoms with Crippen LogP contribution < -0.4 is 14.8 Å². The summed E-state index contributed by atoms with van der Waals surface area (Å²) in [5.74, 6) is 1.80. The number of nitrogens with one attached hydrogen (secondary N) is 1. The van der Waals surface area contributed by atoms with Crippen molar-refractivity contribution in [1.29, 1.82) is 0 Å². The van der Waals surface area contributed by atoms with Gasteiger partial charge in [-0.1, -0.05) is 17.4 Å². The van der Waals surface area contributed by atoms with Gasteiger partial charge in [-0.2, -0.15) is 9.78 Å². The summed E-state index contributed by atoms with van der Waals surface area (Å²) < 4.78 is 13.8. The molecule has 2 aromatic heterocycles. The minimum Gasteiger partial charge on any atom is -0.494 e. The Morgan fingerprint density at radius 1 is 1.10 bits per heavy atom. The van der Waals surface area contributed by atoms with Crippen LogP contribution in [-0.2, 0) is 0 Å². The number of para-hydroxylation sites is 1. The number of aryl methyl sites for hydroxylation is 1. The highest BCUT2D eigenvalue weighted by Gasteiger charge is 2.17. The summed E-state index contributed by atoms with van der Waals surface area (Å²) in [6.45, 7) is 6.89. The topological polar surface area (TPSA) is 78.3 Å². The average molecular weight is 423 g/mol. The van der Waals surface area contributed by atoms with Crippen molar-refractivity contribution in [2.24, 2.45) is 0 Å². The number of anilines is 1. The van der Waals surface area contributed by atoms with Gasteiger partial charge in [-0.3, -0.25) is 4.79 Å². The van der Waals surface area contributed by atoms with Gasteiger partial charge in [0.05, 0.1) is 23.6 Å². The molecule has 0 unspecified atom stereocenters. The number of fused-ring (bicyclic) bond motifs is 1. The summed E-state index contributed by atoms with van der Waals surface area (Å²) in [7, 11) is 0. The van der Waals surface area contributed by atoms with Gasteiger partial charge in [-0.15, -0.1) is 0 Å². The predicted molar refractivity (Wildman–Crippen MR) is 118 cm³/mol. The van der Waals surface area contributed by atoms with Gasteiger partial charge in [0.1, 0.15) is 22.8 Å². The minimum atomic E-state index is -0.227. The molecule has 0 spiro atoms. The molecule has 8 heteroatoms. The van der Waals surface area contributed by atoms with Gasteiger partial charge >= 0.3 is 0 Å². The molecule has 0 saturated heterocycles. The first-order valence-electron chi connectivity index (χ1n) is 9.72. The second-order valence-corrected chi connectivity index (χ2v) is 7.54. The molecular weight excluding hydrogens is 400 g/mol. The second-order valence-electron chi connectivity index (χ2n) is 6.53. The maximum Gasteiger partial charge on any atom is 0.256 e. The molecule has 2 heterocycles. The summed E-state index contributed by atoms with van der Waals surface area (Å²) in [5.41, 5.74) is 2.10. The van der Waals surface area contributed by atoms with Crippen molar-refractivity contribution in [1.82, 2.24) is 14.8 Å². The van der Waals surface area contributed by atoms with Crippen LogP contribution in [0.5, 0.6) is 11.5 Å². The summed E-state index contributed by atoms with van der Waals surface area (Å²) in [6.07, 6.45) is 0. The first-order chi connectivity index (χ1) is 14.6. The van der Waals surface area contributed by atoms with Crippen molar-refractivity contribution in [3.63, 3.8) is 0 Å². The lowest BCUT2D eigenvalue weighted by Crippen LogP contribution is -2.15. The first-order valence-corrected chi connectivity index (χ1v) is 10.5. The molecule has 30 heavy (non-hydrogen) atoms. The molecule has 154 valence electrons. The van der Waals surface area contributed by atoms with Crippen molar-refractivity contribution >= 4 is 33.3 Å². The Kier molecular flexibility index (Phi) is 5.67. The van der Waals surface area contributed by atoms with E-state index >= 15 is 0 Å². The van der Waals surface area contributed by atoms with E-state index in [1.54, 1.807) is 28.9 Å². The van der Waals surface area contributed by atoms with Gasteiger partial charge in [0.15, 0.2) is 0 Å². The number of aromatic nitrogens is 3. The number of carbonyl (C=O) groups is 1. The van der Waals surface area contributed by atoms with Gasteiger partial charge in [0.25, 0.3) is 5.91 Å². The average Bonchev–Trinajstić information content (AvgIpc) is 3.32. The number of nitrogens with zero attached hydrogens (tertiary/aromatic N) is 3. The number of thiazole rings is 1.